The Kier molecular flexibility index (Phi) is 5.03. The van der Waals surface area contributed by atoms with E-state index in [-0.39, 0.29) is 0 Å². The van der Waals surface area contributed by atoms with Gasteiger partial charge in [0, 0.05) is 6.54 Å². The van der Waals surface area contributed by atoms with E-state index < -0.39 is 0 Å². The molecule has 0 heterocycles. The van der Waals surface area contributed by atoms with Crippen molar-refractivity contribution in [1.82, 2.24) is 4.90 Å². The van der Waals surface area contributed by atoms with E-state index in [2.05, 4.69) is 75.1 Å². The summed E-state index contributed by atoms with van der Waals surface area (Å²) in [6.45, 7) is 12.5. The Hall–Kier alpha value is -2.38. The van der Waals surface area contributed by atoms with Crippen LogP contribution in [-0.4, -0.2) is 18.0 Å². The van der Waals surface area contributed by atoms with Crippen LogP contribution in [0.3, 0.4) is 0 Å². The van der Waals surface area contributed by atoms with Crippen molar-refractivity contribution in [2.45, 2.75) is 59.9 Å². The summed E-state index contributed by atoms with van der Waals surface area (Å²) in [5.41, 5.74) is 17.2. The summed E-state index contributed by atoms with van der Waals surface area (Å²) in [5.74, 6) is 0. The molecule has 0 fully saturated rings. The number of benzene rings is 3. The highest BCUT2D eigenvalue weighted by atomic mass is 15.1. The van der Waals surface area contributed by atoms with Crippen molar-refractivity contribution in [3.63, 3.8) is 0 Å². The first kappa shape index (κ1) is 19.6. The number of nitrogens with zero attached hydrogens (tertiary/aromatic N) is 1. The molecule has 2 aliphatic rings. The summed E-state index contributed by atoms with van der Waals surface area (Å²) < 4.78 is 0. The van der Waals surface area contributed by atoms with Crippen molar-refractivity contribution in [1.29, 1.82) is 0 Å². The first-order valence-corrected chi connectivity index (χ1v) is 11.8. The molecule has 0 aromatic heterocycles. The van der Waals surface area contributed by atoms with Crippen molar-refractivity contribution in [3.05, 3.63) is 81.4 Å². The lowest BCUT2D eigenvalue weighted by Crippen LogP contribution is -2.22. The standard InChI is InChI=1S/C29H33N/c1-5-22-23(6-2)29-26(25-16-19-12-9-10-15-24(19)28(22)25)17-20-13-11-14-21(27(20)29)18-30(7-3)8-4/h9-15H,5-8,16-18H2,1-4H3. The zero-order valence-electron chi connectivity index (χ0n) is 18.9. The Balaban J connectivity index is 1.77. The molecule has 154 valence electrons. The predicted molar refractivity (Wildman–Crippen MR) is 128 cm³/mol. The van der Waals surface area contributed by atoms with Gasteiger partial charge in [-0.2, -0.15) is 0 Å². The number of hydrogen-bond donors (Lipinski definition) is 0. The lowest BCUT2D eigenvalue weighted by molar-refractivity contribution is 0.296. The topological polar surface area (TPSA) is 3.24 Å². The van der Waals surface area contributed by atoms with Crippen LogP contribution in [0.25, 0.3) is 22.3 Å². The van der Waals surface area contributed by atoms with Crippen LogP contribution in [0.1, 0.15) is 66.6 Å². The van der Waals surface area contributed by atoms with Crippen LogP contribution in [0, 0.1) is 0 Å². The molecule has 0 amide bonds. The zero-order chi connectivity index (χ0) is 20.8. The molecule has 0 spiro atoms. The van der Waals surface area contributed by atoms with Crippen LogP contribution in [0.5, 0.6) is 0 Å². The van der Waals surface area contributed by atoms with Crippen molar-refractivity contribution >= 4 is 0 Å². The first-order chi connectivity index (χ1) is 14.7. The van der Waals surface area contributed by atoms with Gasteiger partial charge in [-0.15, -0.1) is 0 Å². The summed E-state index contributed by atoms with van der Waals surface area (Å²) in [6.07, 6.45) is 4.43. The SMILES string of the molecule is CCc1c(CC)c2c(c3c1-c1ccccc1C3)Cc1cccc(CN(CC)CC)c1-2. The highest BCUT2D eigenvalue weighted by Gasteiger charge is 2.33. The number of rotatable bonds is 6. The minimum absolute atomic E-state index is 1.05. The van der Waals surface area contributed by atoms with Gasteiger partial charge >= 0.3 is 0 Å². The Labute approximate surface area is 181 Å². The fraction of sp³-hybridized carbons (Fsp3) is 0.379. The van der Waals surface area contributed by atoms with E-state index in [0.717, 1.165) is 45.3 Å². The van der Waals surface area contributed by atoms with Crippen LogP contribution in [0.2, 0.25) is 0 Å². The highest BCUT2D eigenvalue weighted by Crippen LogP contribution is 2.51. The molecule has 0 saturated heterocycles. The zero-order valence-corrected chi connectivity index (χ0v) is 18.9. The normalized spacial score (nSPS) is 13.4. The highest BCUT2D eigenvalue weighted by molar-refractivity contribution is 5.92. The Morgan fingerprint density at radius 3 is 2.03 bits per heavy atom. The molecule has 0 radical (unpaired) electrons. The van der Waals surface area contributed by atoms with Crippen LogP contribution < -0.4 is 0 Å². The quantitative estimate of drug-likeness (QED) is 0.306. The first-order valence-electron chi connectivity index (χ1n) is 11.8. The number of fused-ring (bicyclic) bond motifs is 7. The summed E-state index contributed by atoms with van der Waals surface area (Å²) in [5, 5.41) is 0. The predicted octanol–water partition coefficient (Wildman–Crippen LogP) is 6.80. The van der Waals surface area contributed by atoms with Gasteiger partial charge < -0.3 is 0 Å². The van der Waals surface area contributed by atoms with E-state index >= 15 is 0 Å². The third-order valence-corrected chi connectivity index (χ3v) is 7.44. The van der Waals surface area contributed by atoms with E-state index in [4.69, 9.17) is 0 Å². The largest absolute Gasteiger partial charge is 0.300 e. The van der Waals surface area contributed by atoms with Crippen LogP contribution >= 0.6 is 0 Å². The maximum Gasteiger partial charge on any atom is 0.0239 e. The monoisotopic (exact) mass is 395 g/mol. The van der Waals surface area contributed by atoms with Crippen molar-refractivity contribution in [2.24, 2.45) is 0 Å². The summed E-state index contributed by atoms with van der Waals surface area (Å²) in [4.78, 5) is 2.54. The summed E-state index contributed by atoms with van der Waals surface area (Å²) in [6, 6.07) is 16.1. The summed E-state index contributed by atoms with van der Waals surface area (Å²) >= 11 is 0. The van der Waals surface area contributed by atoms with E-state index in [9.17, 15) is 0 Å². The van der Waals surface area contributed by atoms with Gasteiger partial charge in [-0.25, -0.2) is 0 Å². The maximum absolute atomic E-state index is 2.54. The molecule has 30 heavy (non-hydrogen) atoms. The van der Waals surface area contributed by atoms with Gasteiger partial charge in [0.2, 0.25) is 0 Å². The number of hydrogen-bond acceptors (Lipinski definition) is 1. The molecule has 0 saturated carbocycles. The second-order valence-corrected chi connectivity index (χ2v) is 8.79. The third-order valence-electron chi connectivity index (χ3n) is 7.44. The fourth-order valence-electron chi connectivity index (χ4n) is 6.01. The summed E-state index contributed by atoms with van der Waals surface area (Å²) in [7, 11) is 0. The van der Waals surface area contributed by atoms with Gasteiger partial charge in [0.15, 0.2) is 0 Å². The van der Waals surface area contributed by atoms with Crippen LogP contribution in [0.15, 0.2) is 42.5 Å². The molecular formula is C29H33N. The molecule has 3 aromatic rings. The molecule has 3 aromatic carbocycles. The average molecular weight is 396 g/mol. The molecule has 0 unspecified atom stereocenters. The Bertz CT molecular complexity index is 1120. The van der Waals surface area contributed by atoms with Crippen molar-refractivity contribution in [2.75, 3.05) is 13.1 Å². The van der Waals surface area contributed by atoms with Crippen molar-refractivity contribution < 1.29 is 0 Å². The van der Waals surface area contributed by atoms with Crippen LogP contribution in [0.4, 0.5) is 0 Å². The van der Waals surface area contributed by atoms with Gasteiger partial charge in [0.25, 0.3) is 0 Å². The molecule has 0 N–H and O–H groups in total. The van der Waals surface area contributed by atoms with Crippen molar-refractivity contribution in [3.8, 4) is 22.3 Å². The van der Waals surface area contributed by atoms with Gasteiger partial charge in [-0.1, -0.05) is 70.2 Å². The van der Waals surface area contributed by atoms with Gasteiger partial charge in [0.05, 0.1) is 0 Å². The molecule has 2 aliphatic carbocycles. The van der Waals surface area contributed by atoms with E-state index in [1.54, 1.807) is 38.9 Å². The molecular weight excluding hydrogens is 362 g/mol. The van der Waals surface area contributed by atoms with Gasteiger partial charge in [-0.3, -0.25) is 4.90 Å². The molecule has 0 atom stereocenters. The van der Waals surface area contributed by atoms with E-state index in [0.29, 0.717) is 0 Å². The van der Waals surface area contributed by atoms with Gasteiger partial charge in [-0.05, 0) is 100.0 Å². The molecule has 0 bridgehead atoms. The van der Waals surface area contributed by atoms with Crippen LogP contribution in [-0.2, 0) is 32.2 Å². The Morgan fingerprint density at radius 2 is 1.30 bits per heavy atom. The molecule has 5 rings (SSSR count). The minimum atomic E-state index is 1.05. The average Bonchev–Trinajstić information content (AvgIpc) is 3.35. The molecule has 0 aliphatic heterocycles. The Morgan fingerprint density at radius 1 is 0.667 bits per heavy atom. The molecule has 1 heteroatoms. The lowest BCUT2D eigenvalue weighted by Gasteiger charge is -2.23. The van der Waals surface area contributed by atoms with E-state index in [1.807, 2.05) is 0 Å². The lowest BCUT2D eigenvalue weighted by atomic mass is 9.83. The third kappa shape index (κ3) is 2.79. The second-order valence-electron chi connectivity index (χ2n) is 8.79. The second kappa shape index (κ2) is 7.71. The maximum atomic E-state index is 2.54. The molecule has 1 nitrogen and oxygen atoms in total. The fourth-order valence-corrected chi connectivity index (χ4v) is 6.01. The minimum Gasteiger partial charge on any atom is -0.300 e. The smallest absolute Gasteiger partial charge is 0.0239 e. The van der Waals surface area contributed by atoms with Gasteiger partial charge in [0.1, 0.15) is 0 Å². The van der Waals surface area contributed by atoms with E-state index in [1.165, 1.54) is 22.3 Å².